The highest BCUT2D eigenvalue weighted by atomic mass is 16.3. The van der Waals surface area contributed by atoms with Crippen LogP contribution in [0.2, 0.25) is 0 Å². The average Bonchev–Trinajstić information content (AvgIpc) is 3.52. The number of carbonyl (C=O) groups is 1. The van der Waals surface area contributed by atoms with E-state index in [1.807, 2.05) is 43.3 Å². The van der Waals surface area contributed by atoms with E-state index in [1.54, 1.807) is 18.2 Å². The first-order valence-corrected chi connectivity index (χ1v) is 10.9. The summed E-state index contributed by atoms with van der Waals surface area (Å²) in [6.45, 7) is 4.10. The first kappa shape index (κ1) is 22.0. The monoisotopic (exact) mass is 466 g/mol. The number of aromatic hydroxyl groups is 1. The molecule has 0 atom stereocenters. The smallest absolute Gasteiger partial charge is 0.293 e. The average molecular weight is 467 g/mol. The number of benzene rings is 3. The lowest BCUT2D eigenvalue weighted by atomic mass is 10.0. The summed E-state index contributed by atoms with van der Waals surface area (Å²) >= 11 is 0. The zero-order valence-electron chi connectivity index (χ0n) is 19.1. The molecule has 0 saturated carbocycles. The van der Waals surface area contributed by atoms with Gasteiger partial charge in [-0.2, -0.15) is 10.2 Å². The molecule has 10 heteroatoms. The number of hydrazone groups is 2. The van der Waals surface area contributed by atoms with Crippen molar-refractivity contribution in [3.05, 3.63) is 77.4 Å². The molecular weight excluding hydrogens is 444 g/mol. The van der Waals surface area contributed by atoms with Gasteiger partial charge in [0.05, 0.1) is 11.4 Å². The predicted octanol–water partition coefficient (Wildman–Crippen LogP) is 3.35. The molecule has 0 unspecified atom stereocenters. The summed E-state index contributed by atoms with van der Waals surface area (Å²) in [6, 6.07) is 18.8. The fourth-order valence-electron chi connectivity index (χ4n) is 3.80. The second kappa shape index (κ2) is 9.18. The third kappa shape index (κ3) is 4.49. The van der Waals surface area contributed by atoms with Crippen molar-refractivity contribution in [3.8, 4) is 28.3 Å². The number of nitrogens with one attached hydrogen (secondary N) is 3. The maximum atomic E-state index is 12.4. The Kier molecular flexibility index (Phi) is 5.76. The van der Waals surface area contributed by atoms with Crippen molar-refractivity contribution in [1.29, 1.82) is 0 Å². The second-order valence-electron chi connectivity index (χ2n) is 8.20. The van der Waals surface area contributed by atoms with Gasteiger partial charge in [0.15, 0.2) is 11.5 Å². The van der Waals surface area contributed by atoms with Crippen LogP contribution in [0.3, 0.4) is 0 Å². The number of aromatic amines is 1. The van der Waals surface area contributed by atoms with E-state index in [4.69, 9.17) is 0 Å². The number of phenols is 1. The third-order valence-corrected chi connectivity index (χ3v) is 5.84. The van der Waals surface area contributed by atoms with Crippen LogP contribution in [0.15, 0.2) is 70.9 Å². The van der Waals surface area contributed by atoms with Gasteiger partial charge in [-0.15, -0.1) is 5.10 Å². The Morgan fingerprint density at radius 1 is 1.00 bits per heavy atom. The van der Waals surface area contributed by atoms with Gasteiger partial charge in [-0.3, -0.25) is 10.2 Å². The summed E-state index contributed by atoms with van der Waals surface area (Å²) in [4.78, 5) is 12.4. The third-order valence-electron chi connectivity index (χ3n) is 5.84. The summed E-state index contributed by atoms with van der Waals surface area (Å²) in [6.07, 6.45) is 0.454. The van der Waals surface area contributed by atoms with Crippen molar-refractivity contribution in [2.75, 3.05) is 5.43 Å². The van der Waals surface area contributed by atoms with Crippen molar-refractivity contribution in [3.63, 3.8) is 0 Å². The minimum atomic E-state index is -0.402. The standard InChI is InChI=1S/C25H22N8O2/c1-14-9-10-16(11-15(14)2)12-21-22(25(35)31-27-21)28-26-20-8-4-7-19(23(20)34)17-5-3-6-18(13-17)24-29-32-33-30-24/h3-11,13,26,34H,12H2,1-2H3,(H,28,31,35)(H,29,30,32,33). The van der Waals surface area contributed by atoms with Gasteiger partial charge in [-0.25, -0.2) is 10.5 Å². The number of aryl methyl sites for hydroxylation is 2. The van der Waals surface area contributed by atoms with Crippen molar-refractivity contribution < 1.29 is 9.90 Å². The first-order valence-electron chi connectivity index (χ1n) is 10.9. The van der Waals surface area contributed by atoms with Crippen LogP contribution < -0.4 is 10.9 Å². The Hall–Kier alpha value is -4.86. The summed E-state index contributed by atoms with van der Waals surface area (Å²) in [5.74, 6) is 0.117. The van der Waals surface area contributed by atoms with E-state index < -0.39 is 5.91 Å². The number of para-hydroxylation sites is 1. The topological polar surface area (TPSA) is 141 Å². The van der Waals surface area contributed by atoms with Crippen LogP contribution in [0.1, 0.15) is 16.7 Å². The van der Waals surface area contributed by atoms with E-state index in [2.05, 4.69) is 54.7 Å². The number of rotatable bonds is 6. The molecule has 0 aliphatic carbocycles. The highest BCUT2D eigenvalue weighted by Crippen LogP contribution is 2.36. The van der Waals surface area contributed by atoms with Crippen molar-refractivity contribution in [1.82, 2.24) is 26.0 Å². The van der Waals surface area contributed by atoms with Crippen LogP contribution in [0.25, 0.3) is 22.5 Å². The van der Waals surface area contributed by atoms with E-state index in [-0.39, 0.29) is 11.5 Å². The number of hydrogen-bond acceptors (Lipinski definition) is 8. The first-order chi connectivity index (χ1) is 17.0. The zero-order valence-corrected chi connectivity index (χ0v) is 19.1. The number of hydrogen-bond donors (Lipinski definition) is 4. The van der Waals surface area contributed by atoms with Crippen LogP contribution in [-0.2, 0) is 11.2 Å². The molecule has 5 rings (SSSR count). The minimum absolute atomic E-state index is 0.00394. The molecule has 1 aromatic heterocycles. The maximum Gasteiger partial charge on any atom is 0.293 e. The minimum Gasteiger partial charge on any atom is -0.505 e. The van der Waals surface area contributed by atoms with Gasteiger partial charge in [-0.05, 0) is 58.7 Å². The van der Waals surface area contributed by atoms with Crippen molar-refractivity contribution in [2.24, 2.45) is 10.2 Å². The molecule has 4 aromatic rings. The Morgan fingerprint density at radius 2 is 1.83 bits per heavy atom. The van der Waals surface area contributed by atoms with Gasteiger partial charge in [0.25, 0.3) is 5.91 Å². The molecule has 174 valence electrons. The molecule has 10 nitrogen and oxygen atoms in total. The number of anilines is 1. The molecule has 1 aliphatic rings. The molecule has 0 fully saturated rings. The van der Waals surface area contributed by atoms with E-state index in [0.29, 0.717) is 29.2 Å². The van der Waals surface area contributed by atoms with E-state index in [1.165, 1.54) is 11.1 Å². The number of carbonyl (C=O) groups excluding carboxylic acids is 1. The normalized spacial score (nSPS) is 14.2. The fourth-order valence-corrected chi connectivity index (χ4v) is 3.80. The number of aromatic nitrogens is 4. The van der Waals surface area contributed by atoms with Crippen LogP contribution in [0.5, 0.6) is 5.75 Å². The molecule has 3 aromatic carbocycles. The van der Waals surface area contributed by atoms with Gasteiger partial charge in [0, 0.05) is 17.5 Å². The largest absolute Gasteiger partial charge is 0.505 e. The highest BCUT2D eigenvalue weighted by Gasteiger charge is 2.25. The van der Waals surface area contributed by atoms with Crippen molar-refractivity contribution in [2.45, 2.75) is 20.3 Å². The quantitative estimate of drug-likeness (QED) is 0.254. The molecule has 0 saturated heterocycles. The lowest BCUT2D eigenvalue weighted by Crippen LogP contribution is -2.25. The van der Waals surface area contributed by atoms with E-state index >= 15 is 0 Å². The maximum absolute atomic E-state index is 12.4. The van der Waals surface area contributed by atoms with Gasteiger partial charge >= 0.3 is 0 Å². The number of H-pyrrole nitrogens is 1. The molecule has 0 spiro atoms. The summed E-state index contributed by atoms with van der Waals surface area (Å²) < 4.78 is 0. The lowest BCUT2D eigenvalue weighted by Gasteiger charge is -2.11. The Morgan fingerprint density at radius 3 is 2.63 bits per heavy atom. The van der Waals surface area contributed by atoms with Gasteiger partial charge in [-0.1, -0.05) is 48.5 Å². The molecule has 1 aliphatic heterocycles. The molecule has 0 radical (unpaired) electrons. The highest BCUT2D eigenvalue weighted by molar-refractivity contribution is 6.69. The molecule has 0 bridgehead atoms. The molecule has 35 heavy (non-hydrogen) atoms. The van der Waals surface area contributed by atoms with Gasteiger partial charge < -0.3 is 5.11 Å². The predicted molar refractivity (Wildman–Crippen MR) is 133 cm³/mol. The van der Waals surface area contributed by atoms with Crippen LogP contribution >= 0.6 is 0 Å². The molecule has 4 N–H and O–H groups in total. The SMILES string of the molecule is Cc1ccc(CC2=NNC(=O)C2=NNc2cccc(-c3cccc(-c4nnn[nH]4)c3)c2O)cc1C. The fraction of sp³-hybridized carbons (Fsp3) is 0.120. The van der Waals surface area contributed by atoms with E-state index in [0.717, 1.165) is 16.7 Å². The van der Waals surface area contributed by atoms with Crippen molar-refractivity contribution >= 4 is 23.0 Å². The number of phenolic OH excluding ortho intramolecular Hbond substituents is 1. The van der Waals surface area contributed by atoms with Gasteiger partial charge in [0.2, 0.25) is 0 Å². The second-order valence-corrected chi connectivity index (χ2v) is 8.20. The number of amides is 1. The molecular formula is C25H22N8O2. The summed E-state index contributed by atoms with van der Waals surface area (Å²) in [5.41, 5.74) is 11.9. The Bertz CT molecular complexity index is 1470. The molecule has 2 heterocycles. The summed E-state index contributed by atoms with van der Waals surface area (Å²) in [7, 11) is 0. The van der Waals surface area contributed by atoms with Crippen LogP contribution in [-0.4, -0.2) is 43.1 Å². The van der Waals surface area contributed by atoms with Gasteiger partial charge in [0.1, 0.15) is 5.75 Å². The van der Waals surface area contributed by atoms with Crippen LogP contribution in [0.4, 0.5) is 5.69 Å². The van der Waals surface area contributed by atoms with Crippen LogP contribution in [0, 0.1) is 13.8 Å². The lowest BCUT2D eigenvalue weighted by molar-refractivity contribution is -0.114. The van der Waals surface area contributed by atoms with E-state index in [9.17, 15) is 9.90 Å². The Labute approximate surface area is 200 Å². The zero-order chi connectivity index (χ0) is 24.4. The Balaban J connectivity index is 1.39. The number of tetrazole rings is 1. The number of nitrogens with zero attached hydrogens (tertiary/aromatic N) is 5. The molecule has 1 amide bonds. The summed E-state index contributed by atoms with van der Waals surface area (Å²) in [5, 5.41) is 33.2.